The van der Waals surface area contributed by atoms with Crippen LogP contribution in [0, 0.1) is 10.1 Å². The zero-order valence-electron chi connectivity index (χ0n) is 9.25. The van der Waals surface area contributed by atoms with Gasteiger partial charge in [-0.3, -0.25) is 15.1 Å². The fourth-order valence-electron chi connectivity index (χ4n) is 2.17. The van der Waals surface area contributed by atoms with Gasteiger partial charge in [-0.2, -0.15) is 0 Å². The van der Waals surface area contributed by atoms with Crippen LogP contribution in [0.1, 0.15) is 18.5 Å². The molecule has 1 unspecified atom stereocenters. The van der Waals surface area contributed by atoms with E-state index in [1.165, 1.54) is 0 Å². The van der Waals surface area contributed by atoms with Crippen molar-refractivity contribution in [3.05, 3.63) is 52.1 Å². The summed E-state index contributed by atoms with van der Waals surface area (Å²) in [5.74, 6) is 0. The zero-order valence-corrected chi connectivity index (χ0v) is 9.25. The number of non-ortho nitro benzene ring substituents is 1. The van der Waals surface area contributed by atoms with Crippen molar-refractivity contribution in [2.45, 2.75) is 13.0 Å². The van der Waals surface area contributed by atoms with Gasteiger partial charge < -0.3 is 0 Å². The van der Waals surface area contributed by atoms with E-state index >= 15 is 0 Å². The molecule has 0 N–H and O–H groups in total. The fraction of sp³-hybridized carbons (Fsp3) is 0.154. The van der Waals surface area contributed by atoms with Crippen LogP contribution in [0.25, 0.3) is 10.8 Å². The first kappa shape index (κ1) is 9.96. The third kappa shape index (κ3) is 1.49. The van der Waals surface area contributed by atoms with E-state index in [1.54, 1.807) is 12.1 Å². The Labute approximate surface area is 97.8 Å². The number of aliphatic imine (C=N–C) groups is 1. The van der Waals surface area contributed by atoms with Crippen LogP contribution in [-0.2, 0) is 0 Å². The quantitative estimate of drug-likeness (QED) is 0.583. The molecule has 0 amide bonds. The summed E-state index contributed by atoms with van der Waals surface area (Å²) in [7, 11) is 0. The summed E-state index contributed by atoms with van der Waals surface area (Å²) in [6, 6.07) is 10.9. The van der Waals surface area contributed by atoms with Crippen LogP contribution in [-0.4, -0.2) is 10.6 Å². The zero-order chi connectivity index (χ0) is 12.0. The maximum absolute atomic E-state index is 11.0. The van der Waals surface area contributed by atoms with Gasteiger partial charge in [0.15, 0.2) is 0 Å². The van der Waals surface area contributed by atoms with Gasteiger partial charge in [0.05, 0.1) is 10.3 Å². The van der Waals surface area contributed by atoms with E-state index in [9.17, 15) is 10.1 Å². The summed E-state index contributed by atoms with van der Waals surface area (Å²) in [4.78, 5) is 14.9. The molecular formula is C13H10N2O2. The second-order valence-corrected chi connectivity index (χ2v) is 4.15. The second-order valence-electron chi connectivity index (χ2n) is 4.15. The molecule has 0 fully saturated rings. The number of benzene rings is 2. The number of hydrogen-bond donors (Lipinski definition) is 0. The summed E-state index contributed by atoms with van der Waals surface area (Å²) < 4.78 is 0. The molecule has 0 aliphatic carbocycles. The van der Waals surface area contributed by atoms with E-state index in [0.717, 1.165) is 16.7 Å². The van der Waals surface area contributed by atoms with E-state index in [-0.39, 0.29) is 16.7 Å². The molecule has 1 heterocycles. The third-order valence-corrected chi connectivity index (χ3v) is 3.09. The van der Waals surface area contributed by atoms with Gasteiger partial charge in [-0.05, 0) is 30.0 Å². The Morgan fingerprint density at radius 3 is 2.41 bits per heavy atom. The van der Waals surface area contributed by atoms with Gasteiger partial charge in [0.25, 0.3) is 5.69 Å². The summed E-state index contributed by atoms with van der Waals surface area (Å²) in [5.41, 5.74) is 2.30. The lowest BCUT2D eigenvalue weighted by atomic mass is 9.99. The molecule has 0 aromatic heterocycles. The van der Waals surface area contributed by atoms with Crippen molar-refractivity contribution in [3.8, 4) is 0 Å². The molecule has 17 heavy (non-hydrogen) atoms. The first-order valence-electron chi connectivity index (χ1n) is 5.39. The largest absolute Gasteiger partial charge is 0.278 e. The number of nitrogens with zero attached hydrogens (tertiary/aromatic N) is 2. The Morgan fingerprint density at radius 1 is 1.18 bits per heavy atom. The molecule has 2 aromatic rings. The number of nitro groups is 1. The summed E-state index contributed by atoms with van der Waals surface area (Å²) in [6.07, 6.45) is 0. The Bertz CT molecular complexity index is 662. The summed E-state index contributed by atoms with van der Waals surface area (Å²) in [5, 5.41) is 12.6. The maximum atomic E-state index is 11.0. The molecule has 2 aromatic carbocycles. The van der Waals surface area contributed by atoms with Crippen LogP contribution >= 0.6 is 0 Å². The second kappa shape index (κ2) is 3.38. The number of fused-ring (bicyclic) bond motifs is 1. The van der Waals surface area contributed by atoms with Crippen molar-refractivity contribution >= 4 is 22.2 Å². The maximum Gasteiger partial charge on any atom is 0.277 e. The first-order valence-corrected chi connectivity index (χ1v) is 5.39. The monoisotopic (exact) mass is 226 g/mol. The lowest BCUT2D eigenvalue weighted by molar-refractivity contribution is -0.383. The van der Waals surface area contributed by atoms with Crippen molar-refractivity contribution in [2.24, 2.45) is 4.99 Å². The van der Waals surface area contributed by atoms with E-state index in [4.69, 9.17) is 0 Å². The topological polar surface area (TPSA) is 55.5 Å². The summed E-state index contributed by atoms with van der Waals surface area (Å²) >= 11 is 0. The standard InChI is InChI=1S/C13H10N2O2/c1-8-13(14-8)11-6-7-12(15(16)17)10-5-3-2-4-9(10)11/h2-7,13H,1H3. The van der Waals surface area contributed by atoms with E-state index < -0.39 is 0 Å². The molecule has 4 nitrogen and oxygen atoms in total. The number of rotatable bonds is 2. The van der Waals surface area contributed by atoms with Crippen LogP contribution in [0.5, 0.6) is 0 Å². The van der Waals surface area contributed by atoms with Gasteiger partial charge in [0.2, 0.25) is 0 Å². The number of hydrogen-bond acceptors (Lipinski definition) is 3. The molecule has 3 rings (SSSR count). The molecule has 0 bridgehead atoms. The highest BCUT2D eigenvalue weighted by molar-refractivity contribution is 6.04. The smallest absolute Gasteiger partial charge is 0.277 e. The van der Waals surface area contributed by atoms with Crippen molar-refractivity contribution in [1.82, 2.24) is 0 Å². The average molecular weight is 226 g/mol. The van der Waals surface area contributed by atoms with Crippen molar-refractivity contribution in [1.29, 1.82) is 0 Å². The Balaban J connectivity index is 2.27. The molecular weight excluding hydrogens is 216 g/mol. The molecule has 0 saturated carbocycles. The minimum absolute atomic E-state index is 0.126. The molecule has 84 valence electrons. The molecule has 1 atom stereocenters. The normalized spacial score (nSPS) is 17.9. The van der Waals surface area contributed by atoms with Gasteiger partial charge in [-0.25, -0.2) is 0 Å². The predicted octanol–water partition coefficient (Wildman–Crippen LogP) is 3.26. The Kier molecular flexibility index (Phi) is 1.98. The lowest BCUT2D eigenvalue weighted by Crippen LogP contribution is -1.94. The van der Waals surface area contributed by atoms with E-state index in [0.29, 0.717) is 5.39 Å². The highest BCUT2D eigenvalue weighted by Gasteiger charge is 2.28. The molecule has 1 aliphatic rings. The lowest BCUT2D eigenvalue weighted by Gasteiger charge is -2.05. The van der Waals surface area contributed by atoms with Gasteiger partial charge >= 0.3 is 0 Å². The van der Waals surface area contributed by atoms with Crippen LogP contribution in [0.2, 0.25) is 0 Å². The first-order chi connectivity index (χ1) is 8.18. The Morgan fingerprint density at radius 2 is 1.82 bits per heavy atom. The highest BCUT2D eigenvalue weighted by Crippen LogP contribution is 2.38. The molecule has 0 radical (unpaired) electrons. The van der Waals surface area contributed by atoms with Gasteiger partial charge in [0, 0.05) is 11.8 Å². The van der Waals surface area contributed by atoms with E-state index in [1.807, 2.05) is 31.2 Å². The third-order valence-electron chi connectivity index (χ3n) is 3.09. The predicted molar refractivity (Wildman–Crippen MR) is 66.5 cm³/mol. The molecule has 4 heteroatoms. The van der Waals surface area contributed by atoms with E-state index in [2.05, 4.69) is 4.99 Å². The van der Waals surface area contributed by atoms with Crippen LogP contribution in [0.15, 0.2) is 41.4 Å². The number of nitro benzene ring substituents is 1. The minimum atomic E-state index is -0.341. The van der Waals surface area contributed by atoms with Crippen molar-refractivity contribution in [3.63, 3.8) is 0 Å². The van der Waals surface area contributed by atoms with Gasteiger partial charge in [0.1, 0.15) is 6.04 Å². The van der Waals surface area contributed by atoms with Gasteiger partial charge in [-0.1, -0.05) is 18.2 Å². The van der Waals surface area contributed by atoms with Crippen molar-refractivity contribution < 1.29 is 4.92 Å². The van der Waals surface area contributed by atoms with Crippen LogP contribution in [0.3, 0.4) is 0 Å². The SMILES string of the molecule is CC1=NC1c1ccc([N+](=O)[O-])c2ccccc12. The highest BCUT2D eigenvalue weighted by atomic mass is 16.6. The average Bonchev–Trinajstić information content (AvgIpc) is 3.04. The molecule has 0 saturated heterocycles. The Hall–Kier alpha value is -2.23. The van der Waals surface area contributed by atoms with Crippen LogP contribution < -0.4 is 0 Å². The van der Waals surface area contributed by atoms with Gasteiger partial charge in [-0.15, -0.1) is 0 Å². The summed E-state index contributed by atoms with van der Waals surface area (Å²) in [6.45, 7) is 1.97. The fourth-order valence-corrected chi connectivity index (χ4v) is 2.17. The molecule has 1 aliphatic heterocycles. The minimum Gasteiger partial charge on any atom is -0.278 e. The van der Waals surface area contributed by atoms with Crippen molar-refractivity contribution in [2.75, 3.05) is 0 Å². The molecule has 0 spiro atoms. The van der Waals surface area contributed by atoms with Crippen LogP contribution in [0.4, 0.5) is 5.69 Å².